The lowest BCUT2D eigenvalue weighted by Gasteiger charge is -2.34. The van der Waals surface area contributed by atoms with Crippen LogP contribution in [0.4, 0.5) is 0 Å². The van der Waals surface area contributed by atoms with Gasteiger partial charge in [-0.1, -0.05) is 0 Å². The highest BCUT2D eigenvalue weighted by atomic mass is 16.7. The fraction of sp³-hybridized carbons (Fsp3) is 0.529. The highest BCUT2D eigenvalue weighted by Crippen LogP contribution is 2.34. The molecule has 0 radical (unpaired) electrons. The molecule has 0 spiro atoms. The minimum atomic E-state index is -1.85. The van der Waals surface area contributed by atoms with Crippen LogP contribution in [0.5, 0.6) is 0 Å². The van der Waals surface area contributed by atoms with E-state index in [0.717, 1.165) is 22.9 Å². The summed E-state index contributed by atoms with van der Waals surface area (Å²) in [6.07, 6.45) is -11.1. The van der Waals surface area contributed by atoms with Crippen molar-refractivity contribution in [3.63, 3.8) is 0 Å². The number of aliphatic hydroxyl groups excluding tert-OH is 3. The van der Waals surface area contributed by atoms with Gasteiger partial charge in [0.1, 0.15) is 30.5 Å². The van der Waals surface area contributed by atoms with Crippen LogP contribution in [0, 0.1) is 0 Å². The number of nitrogens with one attached hydrogen (secondary N) is 1. The van der Waals surface area contributed by atoms with E-state index in [1.54, 1.807) is 0 Å². The Bertz CT molecular complexity index is 1020. The van der Waals surface area contributed by atoms with Gasteiger partial charge in [0.25, 0.3) is 5.56 Å². The first kappa shape index (κ1) is 23.6. The number of carboxylic acid groups (broad SMARTS) is 1. The second-order valence-corrected chi connectivity index (χ2v) is 6.96. The first-order valence-electron chi connectivity index (χ1n) is 9.15. The van der Waals surface area contributed by atoms with Crippen molar-refractivity contribution in [3.05, 3.63) is 44.9 Å². The molecule has 15 nitrogen and oxygen atoms in total. The topological polar surface area (TPSA) is 233 Å². The molecular formula is C17H21N3O12. The monoisotopic (exact) mass is 459 g/mol. The number of hydrogen-bond donors (Lipinski definition) is 6. The Morgan fingerprint density at radius 1 is 1.25 bits per heavy atom. The van der Waals surface area contributed by atoms with Gasteiger partial charge in [-0.25, -0.2) is 9.59 Å². The molecule has 8 atom stereocenters. The Kier molecular flexibility index (Phi) is 6.77. The van der Waals surface area contributed by atoms with E-state index in [-0.39, 0.29) is 0 Å². The summed E-state index contributed by atoms with van der Waals surface area (Å²) in [5.74, 6) is -3.49. The minimum absolute atomic E-state index is 0.693. The largest absolute Gasteiger partial charge is 0.475 e. The fourth-order valence-electron chi connectivity index (χ4n) is 3.38. The normalized spacial score (nSPS) is 33.2. The first-order valence-corrected chi connectivity index (χ1v) is 9.15. The molecule has 1 saturated heterocycles. The van der Waals surface area contributed by atoms with Crippen molar-refractivity contribution >= 4 is 11.9 Å². The highest BCUT2D eigenvalue weighted by Gasteiger charge is 2.52. The van der Waals surface area contributed by atoms with Gasteiger partial charge in [-0.15, -0.1) is 0 Å². The van der Waals surface area contributed by atoms with Crippen molar-refractivity contribution in [2.24, 2.45) is 5.73 Å². The molecule has 176 valence electrons. The number of nitrogens with zero attached hydrogens (tertiary/aromatic N) is 1. The van der Waals surface area contributed by atoms with Gasteiger partial charge in [0.2, 0.25) is 18.0 Å². The van der Waals surface area contributed by atoms with Crippen molar-refractivity contribution in [2.45, 2.75) is 49.1 Å². The number of carboxylic acids is 1. The zero-order valence-corrected chi connectivity index (χ0v) is 16.4. The second kappa shape index (κ2) is 9.19. The lowest BCUT2D eigenvalue weighted by Crippen LogP contribution is -2.53. The predicted molar refractivity (Wildman–Crippen MR) is 98.7 cm³/mol. The maximum absolute atomic E-state index is 12.1. The number of H-pyrrole nitrogens is 1. The van der Waals surface area contributed by atoms with E-state index in [1.807, 2.05) is 4.98 Å². The van der Waals surface area contributed by atoms with Crippen LogP contribution in [0.1, 0.15) is 6.23 Å². The molecule has 1 aromatic heterocycles. The quantitative estimate of drug-likeness (QED) is 0.227. The van der Waals surface area contributed by atoms with Gasteiger partial charge in [-0.2, -0.15) is 0 Å². The minimum Gasteiger partial charge on any atom is -0.475 e. The van der Waals surface area contributed by atoms with Crippen molar-refractivity contribution in [1.82, 2.24) is 9.55 Å². The van der Waals surface area contributed by atoms with Gasteiger partial charge in [-0.05, 0) is 6.08 Å². The van der Waals surface area contributed by atoms with Gasteiger partial charge >= 0.3 is 11.7 Å². The van der Waals surface area contributed by atoms with Crippen molar-refractivity contribution in [1.29, 1.82) is 0 Å². The first-order chi connectivity index (χ1) is 15.0. The summed E-state index contributed by atoms with van der Waals surface area (Å²) >= 11 is 0. The van der Waals surface area contributed by atoms with Crippen LogP contribution < -0.4 is 17.0 Å². The van der Waals surface area contributed by atoms with E-state index in [2.05, 4.69) is 0 Å². The smallest absolute Gasteiger partial charge is 0.371 e. The zero-order valence-electron chi connectivity index (χ0n) is 16.4. The van der Waals surface area contributed by atoms with E-state index < -0.39 is 78.0 Å². The summed E-state index contributed by atoms with van der Waals surface area (Å²) in [5, 5.41) is 39.6. The molecule has 1 aromatic rings. The molecule has 0 aromatic carbocycles. The molecule has 7 N–H and O–H groups in total. The summed E-state index contributed by atoms with van der Waals surface area (Å²) in [7, 11) is 1.17. The third-order valence-corrected chi connectivity index (χ3v) is 4.91. The molecule has 0 saturated carbocycles. The van der Waals surface area contributed by atoms with Crippen LogP contribution in [-0.4, -0.2) is 91.9 Å². The Balaban J connectivity index is 1.89. The number of aliphatic hydroxyl groups is 3. The van der Waals surface area contributed by atoms with Gasteiger partial charge in [0.15, 0.2) is 12.3 Å². The van der Waals surface area contributed by atoms with Gasteiger partial charge in [0.05, 0.1) is 0 Å². The average Bonchev–Trinajstić information content (AvgIpc) is 3.04. The molecule has 0 aliphatic carbocycles. The number of hydrogen-bond acceptors (Lipinski definition) is 11. The summed E-state index contributed by atoms with van der Waals surface area (Å²) in [5.41, 5.74) is 3.77. The van der Waals surface area contributed by atoms with Crippen molar-refractivity contribution < 1.29 is 49.0 Å². The third kappa shape index (κ3) is 4.43. The Hall–Kier alpha value is -3.08. The van der Waals surface area contributed by atoms with Crippen molar-refractivity contribution in [3.8, 4) is 0 Å². The number of ether oxygens (including phenoxy) is 4. The van der Waals surface area contributed by atoms with Crippen LogP contribution in [0.2, 0.25) is 0 Å². The predicted octanol–water partition coefficient (Wildman–Crippen LogP) is -4.27. The lowest BCUT2D eigenvalue weighted by molar-refractivity contribution is -0.242. The van der Waals surface area contributed by atoms with Gasteiger partial charge in [-0.3, -0.25) is 19.1 Å². The fourth-order valence-corrected chi connectivity index (χ4v) is 3.38. The van der Waals surface area contributed by atoms with Crippen LogP contribution >= 0.6 is 0 Å². The molecule has 2 aliphatic heterocycles. The molecule has 0 bridgehead atoms. The van der Waals surface area contributed by atoms with Gasteiger partial charge < -0.3 is 45.1 Å². The van der Waals surface area contributed by atoms with E-state index >= 15 is 0 Å². The molecule has 1 unspecified atom stereocenters. The summed E-state index contributed by atoms with van der Waals surface area (Å²) in [6.45, 7) is 0. The second-order valence-electron chi connectivity index (χ2n) is 6.96. The van der Waals surface area contributed by atoms with E-state index in [0.29, 0.717) is 0 Å². The number of primary amides is 1. The molecule has 15 heteroatoms. The average molecular weight is 459 g/mol. The molecule has 32 heavy (non-hydrogen) atoms. The van der Waals surface area contributed by atoms with Crippen LogP contribution in [0.25, 0.3) is 0 Å². The molecule has 3 heterocycles. The summed E-state index contributed by atoms with van der Waals surface area (Å²) in [6, 6.07) is 1.00. The molecular weight excluding hydrogens is 438 g/mol. The third-order valence-electron chi connectivity index (χ3n) is 4.91. The number of rotatable bonds is 7. The van der Waals surface area contributed by atoms with Gasteiger partial charge in [0, 0.05) is 19.4 Å². The number of carbonyl (C=O) groups is 2. The Labute approximate surface area is 178 Å². The highest BCUT2D eigenvalue weighted by molar-refractivity contribution is 5.84. The number of amides is 1. The molecule has 3 rings (SSSR count). The molecule has 1 amide bonds. The van der Waals surface area contributed by atoms with E-state index in [4.69, 9.17) is 29.8 Å². The lowest BCUT2D eigenvalue weighted by atomic mass is 10.0. The maximum Gasteiger partial charge on any atom is 0.371 e. The summed E-state index contributed by atoms with van der Waals surface area (Å²) < 4.78 is 21.9. The number of aliphatic carboxylic acids is 1. The van der Waals surface area contributed by atoms with Crippen LogP contribution in [0.3, 0.4) is 0 Å². The maximum atomic E-state index is 12.1. The standard InChI is InChI=1S/C17H21N3O12/c1-29-10-9(24)14(20-3-2-7(22)19-17(20)28)31-11(10)12(13(18)25)32-16-8(23)5(21)4-6(30-16)15(26)27/h2-5,8-12,14,16,21,23-24H,1H3,(H2,18,25)(H,26,27)(H,19,22,28)/t5-,8+,9-,10+,11?,12+,14-,16+/m1/s1. The zero-order chi connectivity index (χ0) is 23.7. The molecule has 1 fully saturated rings. The van der Waals surface area contributed by atoms with Crippen LogP contribution in [-0.2, 0) is 28.5 Å². The number of carbonyl (C=O) groups excluding carboxylic acids is 1. The number of methoxy groups -OCH3 is 1. The Morgan fingerprint density at radius 3 is 2.50 bits per heavy atom. The Morgan fingerprint density at radius 2 is 1.94 bits per heavy atom. The van der Waals surface area contributed by atoms with E-state index in [1.165, 1.54) is 7.11 Å². The van der Waals surface area contributed by atoms with E-state index in [9.17, 15) is 34.5 Å². The number of aromatic nitrogens is 2. The van der Waals surface area contributed by atoms with Crippen LogP contribution in [0.15, 0.2) is 33.7 Å². The SMILES string of the molecule is CO[C@@H]1C([C@H](O[C@@H]2OC(C(=O)O)=C[C@@H](O)[C@@H]2O)C(N)=O)O[C@@H](n2ccc(=O)[nH]c2=O)[C@@H]1O. The molecule has 2 aliphatic rings. The number of nitrogens with two attached hydrogens (primary N) is 1. The number of aromatic amines is 1. The summed E-state index contributed by atoms with van der Waals surface area (Å²) in [4.78, 5) is 48.6. The van der Waals surface area contributed by atoms with Crippen molar-refractivity contribution in [2.75, 3.05) is 7.11 Å².